The van der Waals surface area contributed by atoms with Crippen molar-refractivity contribution in [2.24, 2.45) is 0 Å². The minimum Gasteiger partial charge on any atom is -0.506 e. The van der Waals surface area contributed by atoms with E-state index < -0.39 is 0 Å². The van der Waals surface area contributed by atoms with E-state index in [0.29, 0.717) is 25.1 Å². The molecule has 1 amide bonds. The lowest BCUT2D eigenvalue weighted by Gasteiger charge is -2.05. The smallest absolute Gasteiger partial charge is 0.211 e. The second-order valence-electron chi connectivity index (χ2n) is 2.77. The Morgan fingerprint density at radius 2 is 2.00 bits per heavy atom. The fourth-order valence-electron chi connectivity index (χ4n) is 1.12. The van der Waals surface area contributed by atoms with Gasteiger partial charge in [-0.25, -0.2) is 5.48 Å². The molecule has 0 radical (unpaired) electrons. The number of aromatic hydroxyl groups is 1. The molecule has 1 rings (SSSR count). The van der Waals surface area contributed by atoms with Crippen LogP contribution in [0.15, 0.2) is 18.2 Å². The molecule has 0 bridgehead atoms. The fourth-order valence-corrected chi connectivity index (χ4v) is 1.12. The van der Waals surface area contributed by atoms with Gasteiger partial charge in [-0.15, -0.1) is 24.8 Å². The third kappa shape index (κ3) is 5.18. The highest BCUT2D eigenvalue weighted by Gasteiger charge is 2.01. The molecule has 1 aromatic carbocycles. The van der Waals surface area contributed by atoms with Gasteiger partial charge < -0.3 is 15.6 Å². The molecule has 4 N–H and O–H groups in total. The summed E-state index contributed by atoms with van der Waals surface area (Å²) in [5, 5.41) is 20.1. The van der Waals surface area contributed by atoms with Crippen LogP contribution >= 0.6 is 24.8 Å². The van der Waals surface area contributed by atoms with Crippen LogP contribution in [0.5, 0.6) is 5.75 Å². The molecule has 0 unspecified atom stereocenters. The van der Waals surface area contributed by atoms with Gasteiger partial charge in [0.05, 0.1) is 5.69 Å². The zero-order chi connectivity index (χ0) is 10.4. The molecule has 0 aliphatic heterocycles. The highest BCUT2D eigenvalue weighted by Crippen LogP contribution is 2.23. The Labute approximate surface area is 106 Å². The molecule has 16 heavy (non-hydrogen) atoms. The number of rotatable bonds is 5. The zero-order valence-corrected chi connectivity index (χ0v) is 9.98. The highest BCUT2D eigenvalue weighted by atomic mass is 35.5. The van der Waals surface area contributed by atoms with Gasteiger partial charge in [-0.2, -0.15) is 0 Å². The molecule has 0 saturated heterocycles. The molecule has 0 aliphatic carbocycles. The molecule has 7 heteroatoms. The number of phenolic OH excluding ortho intramolecular Hbond substituents is 1. The van der Waals surface area contributed by atoms with E-state index in [4.69, 9.17) is 5.21 Å². The molecule has 0 atom stereocenters. The van der Waals surface area contributed by atoms with Crippen LogP contribution in [0.1, 0.15) is 5.56 Å². The Morgan fingerprint density at radius 1 is 1.31 bits per heavy atom. The summed E-state index contributed by atoms with van der Waals surface area (Å²) >= 11 is 0. The monoisotopic (exact) mass is 268 g/mol. The van der Waals surface area contributed by atoms with Crippen molar-refractivity contribution in [3.8, 4) is 5.75 Å². The van der Waals surface area contributed by atoms with Gasteiger partial charge in [0.15, 0.2) is 0 Å². The lowest BCUT2D eigenvalue weighted by Crippen LogP contribution is -2.11. The van der Waals surface area contributed by atoms with E-state index in [1.165, 1.54) is 6.07 Å². The topological polar surface area (TPSA) is 81.6 Å². The maximum atomic E-state index is 10.2. The van der Waals surface area contributed by atoms with E-state index >= 15 is 0 Å². The van der Waals surface area contributed by atoms with Crippen LogP contribution in [-0.2, 0) is 11.2 Å². The summed E-state index contributed by atoms with van der Waals surface area (Å²) in [6.45, 7) is 0.422. The molecule has 92 valence electrons. The average Bonchev–Trinajstić information content (AvgIpc) is 2.19. The molecule has 0 spiro atoms. The second kappa shape index (κ2) is 9.23. The van der Waals surface area contributed by atoms with Gasteiger partial charge in [0, 0.05) is 6.54 Å². The maximum Gasteiger partial charge on any atom is 0.211 e. The third-order valence-electron chi connectivity index (χ3n) is 1.80. The minimum absolute atomic E-state index is 0. The van der Waals surface area contributed by atoms with Gasteiger partial charge in [-0.3, -0.25) is 4.79 Å². The number of anilines is 1. The van der Waals surface area contributed by atoms with Crippen molar-refractivity contribution >= 4 is 36.9 Å². The molecule has 0 saturated carbocycles. The van der Waals surface area contributed by atoms with Crippen molar-refractivity contribution in [3.05, 3.63) is 23.8 Å². The van der Waals surface area contributed by atoms with Crippen molar-refractivity contribution in [2.75, 3.05) is 11.9 Å². The number of phenols is 1. The fraction of sp³-hybridized carbons (Fsp3) is 0.222. The zero-order valence-electron chi connectivity index (χ0n) is 8.34. The van der Waals surface area contributed by atoms with Gasteiger partial charge in [0.25, 0.3) is 0 Å². The summed E-state index contributed by atoms with van der Waals surface area (Å²) in [5.74, 6) is 0.0257. The van der Waals surface area contributed by atoms with Crippen LogP contribution in [0.4, 0.5) is 5.69 Å². The minimum atomic E-state index is 0. The molecule has 0 fully saturated rings. The first kappa shape index (κ1) is 17.4. The molecule has 0 heterocycles. The SMILES string of the molecule is Cl.Cl.O=CNc1cc(CCNO)ccc1O. The van der Waals surface area contributed by atoms with Crippen molar-refractivity contribution in [1.82, 2.24) is 5.48 Å². The van der Waals surface area contributed by atoms with Gasteiger partial charge >= 0.3 is 0 Å². The molecule has 0 aliphatic rings. The summed E-state index contributed by atoms with van der Waals surface area (Å²) in [6.07, 6.45) is 1.12. The second-order valence-corrected chi connectivity index (χ2v) is 2.77. The number of nitrogens with one attached hydrogen (secondary N) is 2. The number of hydroxylamine groups is 1. The number of carbonyl (C=O) groups is 1. The number of amides is 1. The lowest BCUT2D eigenvalue weighted by atomic mass is 10.1. The van der Waals surface area contributed by atoms with Crippen LogP contribution in [0.3, 0.4) is 0 Å². The summed E-state index contributed by atoms with van der Waals surface area (Å²) in [7, 11) is 0. The van der Waals surface area contributed by atoms with Crippen molar-refractivity contribution < 1.29 is 15.1 Å². The van der Waals surface area contributed by atoms with E-state index in [2.05, 4.69) is 5.32 Å². The first-order valence-corrected chi connectivity index (χ1v) is 4.17. The molecular weight excluding hydrogens is 255 g/mol. The number of hydrogen-bond acceptors (Lipinski definition) is 4. The first-order chi connectivity index (χ1) is 6.77. The summed E-state index contributed by atoms with van der Waals surface area (Å²) < 4.78 is 0. The van der Waals surface area contributed by atoms with Crippen LogP contribution < -0.4 is 10.8 Å². The van der Waals surface area contributed by atoms with Gasteiger partial charge in [-0.05, 0) is 24.1 Å². The van der Waals surface area contributed by atoms with E-state index in [9.17, 15) is 9.90 Å². The third-order valence-corrected chi connectivity index (χ3v) is 1.80. The quantitative estimate of drug-likeness (QED) is 0.369. The number of carbonyl (C=O) groups excluding carboxylic acids is 1. The Morgan fingerprint density at radius 3 is 2.56 bits per heavy atom. The van der Waals surface area contributed by atoms with E-state index in [0.717, 1.165) is 5.56 Å². The van der Waals surface area contributed by atoms with E-state index in [1.54, 1.807) is 12.1 Å². The van der Waals surface area contributed by atoms with Crippen molar-refractivity contribution in [3.63, 3.8) is 0 Å². The average molecular weight is 269 g/mol. The first-order valence-electron chi connectivity index (χ1n) is 4.17. The normalized spacial score (nSPS) is 8.56. The van der Waals surface area contributed by atoms with Crippen LogP contribution in [0.25, 0.3) is 0 Å². The largest absolute Gasteiger partial charge is 0.506 e. The molecule has 0 aromatic heterocycles. The molecule has 5 nitrogen and oxygen atoms in total. The van der Waals surface area contributed by atoms with Crippen molar-refractivity contribution in [2.45, 2.75) is 6.42 Å². The Bertz CT molecular complexity index is 324. The van der Waals surface area contributed by atoms with Crippen LogP contribution in [0.2, 0.25) is 0 Å². The summed E-state index contributed by atoms with van der Waals surface area (Å²) in [4.78, 5) is 10.2. The van der Waals surface area contributed by atoms with E-state index in [-0.39, 0.29) is 30.6 Å². The van der Waals surface area contributed by atoms with E-state index in [1.807, 2.05) is 5.48 Å². The predicted molar refractivity (Wildman–Crippen MR) is 65.8 cm³/mol. The Hall–Kier alpha value is -1.01. The Balaban J connectivity index is 0. The van der Waals surface area contributed by atoms with Crippen LogP contribution in [-0.4, -0.2) is 23.3 Å². The molecular formula is C9H14Cl2N2O3. The van der Waals surface area contributed by atoms with Gasteiger partial charge in [0.1, 0.15) is 5.75 Å². The lowest BCUT2D eigenvalue weighted by molar-refractivity contribution is -0.105. The summed E-state index contributed by atoms with van der Waals surface area (Å²) in [5.41, 5.74) is 3.31. The predicted octanol–water partition coefficient (Wildman–Crippen LogP) is 1.33. The van der Waals surface area contributed by atoms with Gasteiger partial charge in [-0.1, -0.05) is 6.07 Å². The maximum absolute atomic E-state index is 10.2. The molecule has 1 aromatic rings. The summed E-state index contributed by atoms with van der Waals surface area (Å²) in [6, 6.07) is 4.88. The highest BCUT2D eigenvalue weighted by molar-refractivity contribution is 5.85. The number of halogens is 2. The van der Waals surface area contributed by atoms with Crippen molar-refractivity contribution in [1.29, 1.82) is 0 Å². The van der Waals surface area contributed by atoms with Crippen LogP contribution in [0, 0.1) is 0 Å². The standard InChI is InChI=1S/C9H12N2O3.2ClH/c12-6-10-8-5-7(3-4-11-14)1-2-9(8)13;;/h1-2,5-6,11,13-14H,3-4H2,(H,10,12);2*1H. The van der Waals surface area contributed by atoms with Gasteiger partial charge in [0.2, 0.25) is 6.41 Å². The Kier molecular flexibility index (Phi) is 10.0. The number of hydrogen-bond donors (Lipinski definition) is 4. The number of benzene rings is 1.